The summed E-state index contributed by atoms with van der Waals surface area (Å²) >= 11 is 8.00. The molecule has 0 amide bonds. The molecule has 0 fully saturated rings. The van der Waals surface area contributed by atoms with Crippen LogP contribution in [-0.2, 0) is 4.74 Å². The summed E-state index contributed by atoms with van der Waals surface area (Å²) in [5.74, 6) is 0.666. The zero-order chi connectivity index (χ0) is 10.6. The van der Waals surface area contributed by atoms with E-state index in [9.17, 15) is 0 Å². The van der Waals surface area contributed by atoms with E-state index in [1.54, 1.807) is 13.3 Å². The minimum absolute atomic E-state index is 0.0468. The molecular formula is C9H12ClIN2O. The van der Waals surface area contributed by atoms with Gasteiger partial charge in [0.05, 0.1) is 3.57 Å². The molecule has 0 bridgehead atoms. The van der Waals surface area contributed by atoms with Crippen LogP contribution >= 0.6 is 34.2 Å². The summed E-state index contributed by atoms with van der Waals surface area (Å²) in [6, 6.07) is 0. The lowest BCUT2D eigenvalue weighted by atomic mass is 10.2. The fourth-order valence-electron chi connectivity index (χ4n) is 1.13. The third-order valence-corrected chi connectivity index (χ3v) is 3.24. The lowest BCUT2D eigenvalue weighted by molar-refractivity contribution is 0.0875. The van der Waals surface area contributed by atoms with Gasteiger partial charge >= 0.3 is 0 Å². The van der Waals surface area contributed by atoms with E-state index in [4.69, 9.17) is 16.3 Å². The third-order valence-electron chi connectivity index (χ3n) is 1.84. The fourth-order valence-corrected chi connectivity index (χ4v) is 1.52. The van der Waals surface area contributed by atoms with Crippen LogP contribution in [0.5, 0.6) is 0 Å². The van der Waals surface area contributed by atoms with Gasteiger partial charge in [-0.15, -0.1) is 0 Å². The van der Waals surface area contributed by atoms with Crippen molar-refractivity contribution < 1.29 is 4.74 Å². The molecule has 3 nitrogen and oxygen atoms in total. The number of hydrogen-bond acceptors (Lipinski definition) is 3. The zero-order valence-corrected chi connectivity index (χ0v) is 11.0. The summed E-state index contributed by atoms with van der Waals surface area (Å²) in [5, 5.41) is 0.494. The van der Waals surface area contributed by atoms with Crippen LogP contribution in [0.15, 0.2) is 6.20 Å². The fraction of sp³-hybridized carbons (Fsp3) is 0.556. The van der Waals surface area contributed by atoms with Crippen molar-refractivity contribution in [3.63, 3.8) is 0 Å². The molecule has 0 aliphatic heterocycles. The molecule has 0 saturated heterocycles. The lowest BCUT2D eigenvalue weighted by Gasteiger charge is -2.12. The Morgan fingerprint density at radius 2 is 2.36 bits per heavy atom. The molecule has 1 unspecified atom stereocenters. The predicted molar refractivity (Wildman–Crippen MR) is 64.4 cm³/mol. The monoisotopic (exact) mass is 326 g/mol. The van der Waals surface area contributed by atoms with Crippen LogP contribution < -0.4 is 0 Å². The zero-order valence-electron chi connectivity index (χ0n) is 8.13. The van der Waals surface area contributed by atoms with Crippen molar-refractivity contribution in [1.82, 2.24) is 9.97 Å². The summed E-state index contributed by atoms with van der Waals surface area (Å²) in [4.78, 5) is 8.39. The number of ether oxygens (including phenoxy) is 1. The van der Waals surface area contributed by atoms with Crippen molar-refractivity contribution >= 4 is 34.2 Å². The van der Waals surface area contributed by atoms with Crippen LogP contribution in [0.1, 0.15) is 31.7 Å². The number of hydrogen-bond donors (Lipinski definition) is 0. The molecule has 0 aliphatic carbocycles. The van der Waals surface area contributed by atoms with E-state index in [0.29, 0.717) is 11.0 Å². The Kier molecular flexibility index (Phi) is 5.05. The molecule has 5 heteroatoms. The molecule has 1 atom stereocenters. The molecule has 1 aromatic rings. The summed E-state index contributed by atoms with van der Waals surface area (Å²) in [7, 11) is 1.66. The Hall–Kier alpha value is 0.0600. The Morgan fingerprint density at radius 1 is 1.64 bits per heavy atom. The first-order valence-electron chi connectivity index (χ1n) is 4.39. The van der Waals surface area contributed by atoms with E-state index >= 15 is 0 Å². The maximum atomic E-state index is 5.90. The van der Waals surface area contributed by atoms with Crippen LogP contribution in [-0.4, -0.2) is 17.1 Å². The lowest BCUT2D eigenvalue weighted by Crippen LogP contribution is -2.07. The van der Waals surface area contributed by atoms with Crippen molar-refractivity contribution in [2.24, 2.45) is 0 Å². The quantitative estimate of drug-likeness (QED) is 0.629. The van der Waals surface area contributed by atoms with Crippen molar-refractivity contribution in [3.8, 4) is 0 Å². The van der Waals surface area contributed by atoms with Crippen molar-refractivity contribution in [1.29, 1.82) is 0 Å². The molecule has 0 aromatic carbocycles. The van der Waals surface area contributed by atoms with Gasteiger partial charge in [0.2, 0.25) is 0 Å². The Balaban J connectivity index is 2.88. The van der Waals surface area contributed by atoms with Crippen molar-refractivity contribution in [2.45, 2.75) is 25.9 Å². The van der Waals surface area contributed by atoms with Gasteiger partial charge in [-0.2, -0.15) is 0 Å². The summed E-state index contributed by atoms with van der Waals surface area (Å²) in [6.45, 7) is 2.10. The van der Waals surface area contributed by atoms with E-state index < -0.39 is 0 Å². The molecule has 1 aromatic heterocycles. The molecule has 0 spiro atoms. The second kappa shape index (κ2) is 5.82. The van der Waals surface area contributed by atoms with Crippen LogP contribution in [0, 0.1) is 3.57 Å². The Labute approximate surface area is 102 Å². The van der Waals surface area contributed by atoms with Gasteiger partial charge < -0.3 is 4.74 Å². The highest BCUT2D eigenvalue weighted by atomic mass is 127. The predicted octanol–water partition coefficient (Wildman–Crippen LogP) is 3.22. The molecule has 1 rings (SSSR count). The number of halogens is 2. The van der Waals surface area contributed by atoms with Crippen LogP contribution in [0.25, 0.3) is 0 Å². The second-order valence-electron chi connectivity index (χ2n) is 2.88. The molecular weight excluding hydrogens is 314 g/mol. The number of nitrogens with zero attached hydrogens (tertiary/aromatic N) is 2. The average molecular weight is 327 g/mol. The smallest absolute Gasteiger partial charge is 0.158 e. The number of rotatable bonds is 4. The highest BCUT2D eigenvalue weighted by Crippen LogP contribution is 2.21. The summed E-state index contributed by atoms with van der Waals surface area (Å²) in [6.07, 6.45) is 3.61. The van der Waals surface area contributed by atoms with E-state index in [-0.39, 0.29) is 6.10 Å². The molecule has 0 N–H and O–H groups in total. The normalized spacial score (nSPS) is 12.9. The van der Waals surface area contributed by atoms with Gasteiger partial charge in [0.25, 0.3) is 0 Å². The van der Waals surface area contributed by atoms with Gasteiger partial charge in [0, 0.05) is 13.3 Å². The van der Waals surface area contributed by atoms with Gasteiger partial charge in [-0.3, -0.25) is 0 Å². The van der Waals surface area contributed by atoms with Gasteiger partial charge in [-0.1, -0.05) is 24.9 Å². The van der Waals surface area contributed by atoms with Gasteiger partial charge in [0.1, 0.15) is 11.3 Å². The minimum atomic E-state index is -0.0468. The SMILES string of the molecule is CCCC(OC)c1ncc(I)c(Cl)n1. The molecule has 14 heavy (non-hydrogen) atoms. The molecule has 1 heterocycles. The maximum Gasteiger partial charge on any atom is 0.158 e. The Morgan fingerprint density at radius 3 is 2.86 bits per heavy atom. The first-order valence-corrected chi connectivity index (χ1v) is 5.85. The highest BCUT2D eigenvalue weighted by molar-refractivity contribution is 14.1. The molecule has 78 valence electrons. The van der Waals surface area contributed by atoms with Gasteiger partial charge in [0.15, 0.2) is 5.82 Å². The molecule has 0 saturated carbocycles. The van der Waals surface area contributed by atoms with Crippen LogP contribution in [0.3, 0.4) is 0 Å². The summed E-state index contributed by atoms with van der Waals surface area (Å²) < 4.78 is 6.15. The third kappa shape index (κ3) is 3.03. The minimum Gasteiger partial charge on any atom is -0.373 e. The first-order chi connectivity index (χ1) is 6.69. The average Bonchev–Trinajstić information content (AvgIpc) is 2.19. The first kappa shape index (κ1) is 12.1. The topological polar surface area (TPSA) is 35.0 Å². The second-order valence-corrected chi connectivity index (χ2v) is 4.40. The van der Waals surface area contributed by atoms with Crippen molar-refractivity contribution in [2.75, 3.05) is 7.11 Å². The van der Waals surface area contributed by atoms with Crippen LogP contribution in [0.4, 0.5) is 0 Å². The van der Waals surface area contributed by atoms with E-state index in [1.807, 2.05) is 0 Å². The molecule has 0 aliphatic rings. The van der Waals surface area contributed by atoms with E-state index in [0.717, 1.165) is 16.4 Å². The molecule has 0 radical (unpaired) electrons. The number of aromatic nitrogens is 2. The Bertz CT molecular complexity index is 309. The van der Waals surface area contributed by atoms with E-state index in [2.05, 4.69) is 39.5 Å². The van der Waals surface area contributed by atoms with Crippen LogP contribution in [0.2, 0.25) is 5.15 Å². The largest absolute Gasteiger partial charge is 0.373 e. The standard InChI is InChI=1S/C9H12ClIN2O/c1-3-4-7(14-2)9-12-5-6(11)8(10)13-9/h5,7H,3-4H2,1-2H3. The highest BCUT2D eigenvalue weighted by Gasteiger charge is 2.13. The van der Waals surface area contributed by atoms with Crippen molar-refractivity contribution in [3.05, 3.63) is 20.7 Å². The van der Waals surface area contributed by atoms with Gasteiger partial charge in [-0.25, -0.2) is 9.97 Å². The maximum absolute atomic E-state index is 5.90. The van der Waals surface area contributed by atoms with Gasteiger partial charge in [-0.05, 0) is 29.0 Å². The summed E-state index contributed by atoms with van der Waals surface area (Å²) in [5.41, 5.74) is 0. The number of methoxy groups -OCH3 is 1. The van der Waals surface area contributed by atoms with E-state index in [1.165, 1.54) is 0 Å².